The number of carbonyl (C=O) groups is 1. The van der Waals surface area contributed by atoms with Crippen LogP contribution in [-0.4, -0.2) is 27.0 Å². The molecule has 0 aliphatic carbocycles. The Kier molecular flexibility index (Phi) is 7.68. The number of hydrogen-bond donors (Lipinski definition) is 2. The van der Waals surface area contributed by atoms with Gasteiger partial charge in [0.05, 0.1) is 9.92 Å². The van der Waals surface area contributed by atoms with E-state index >= 15 is 0 Å². The van der Waals surface area contributed by atoms with Crippen molar-refractivity contribution in [2.24, 2.45) is 0 Å². The maximum atomic E-state index is 12.4. The summed E-state index contributed by atoms with van der Waals surface area (Å²) in [7, 11) is -3.66. The summed E-state index contributed by atoms with van der Waals surface area (Å²) in [4.78, 5) is 12.4. The van der Waals surface area contributed by atoms with Crippen molar-refractivity contribution in [1.29, 1.82) is 0 Å². The van der Waals surface area contributed by atoms with Crippen molar-refractivity contribution >= 4 is 33.2 Å². The lowest BCUT2D eigenvalue weighted by atomic mass is 9.98. The van der Waals surface area contributed by atoms with Gasteiger partial charge >= 0.3 is 0 Å². The molecule has 6 nitrogen and oxygen atoms in total. The summed E-state index contributed by atoms with van der Waals surface area (Å²) in [5.41, 5.74) is 2.79. The number of amides is 1. The minimum absolute atomic E-state index is 0.0366. The van der Waals surface area contributed by atoms with Crippen LogP contribution in [0.15, 0.2) is 41.3 Å². The normalized spacial score (nSPS) is 11.7. The third-order valence-corrected chi connectivity index (χ3v) is 6.11. The third-order valence-electron chi connectivity index (χ3n) is 4.15. The van der Waals surface area contributed by atoms with Crippen LogP contribution in [0.25, 0.3) is 0 Å². The van der Waals surface area contributed by atoms with E-state index in [4.69, 9.17) is 16.3 Å². The smallest absolute Gasteiger partial charge is 0.262 e. The molecule has 0 atom stereocenters. The van der Waals surface area contributed by atoms with Gasteiger partial charge in [-0.25, -0.2) is 13.1 Å². The number of anilines is 1. The minimum atomic E-state index is -3.66. The van der Waals surface area contributed by atoms with Crippen LogP contribution in [0.5, 0.6) is 5.75 Å². The van der Waals surface area contributed by atoms with Gasteiger partial charge in [0.1, 0.15) is 5.75 Å². The number of halogens is 1. The van der Waals surface area contributed by atoms with Crippen molar-refractivity contribution in [1.82, 2.24) is 4.72 Å². The van der Waals surface area contributed by atoms with Gasteiger partial charge in [-0.05, 0) is 56.0 Å². The van der Waals surface area contributed by atoms with E-state index in [9.17, 15) is 13.2 Å². The van der Waals surface area contributed by atoms with Crippen LogP contribution in [0.4, 0.5) is 5.69 Å². The maximum absolute atomic E-state index is 12.4. The van der Waals surface area contributed by atoms with E-state index in [1.54, 1.807) is 13.8 Å². The molecule has 1 amide bonds. The summed E-state index contributed by atoms with van der Waals surface area (Å²) in [5, 5.41) is 3.01. The first-order valence-corrected chi connectivity index (χ1v) is 11.2. The number of sulfonamides is 1. The first-order chi connectivity index (χ1) is 13.5. The molecule has 2 N–H and O–H groups in total. The van der Waals surface area contributed by atoms with E-state index in [0.717, 1.165) is 16.8 Å². The third kappa shape index (κ3) is 6.19. The number of para-hydroxylation sites is 1. The highest BCUT2D eigenvalue weighted by Gasteiger charge is 2.18. The second-order valence-electron chi connectivity index (χ2n) is 7.40. The Labute approximate surface area is 177 Å². The molecule has 2 aromatic rings. The maximum Gasteiger partial charge on any atom is 0.262 e. The largest absolute Gasteiger partial charge is 0.482 e. The standard InChI is InChI=1S/C21H27ClN2O4S/c1-13(2)17-8-6-7-15(5)21(17)23-20(25)12-28-19-10-9-16(11-18(19)22)29(26,27)24-14(3)4/h6-11,13-14,24H,12H2,1-5H3,(H,23,25). The number of carbonyl (C=O) groups excluding carboxylic acids is 1. The second-order valence-corrected chi connectivity index (χ2v) is 9.52. The fourth-order valence-electron chi connectivity index (χ4n) is 2.81. The van der Waals surface area contributed by atoms with Gasteiger partial charge in [-0.3, -0.25) is 4.79 Å². The molecule has 0 unspecified atom stereocenters. The molecule has 0 aliphatic heterocycles. The number of aryl methyl sites for hydroxylation is 1. The average molecular weight is 439 g/mol. The van der Waals surface area contributed by atoms with Crippen molar-refractivity contribution in [3.05, 3.63) is 52.5 Å². The van der Waals surface area contributed by atoms with E-state index in [-0.39, 0.29) is 40.1 Å². The summed E-state index contributed by atoms with van der Waals surface area (Å²) in [6, 6.07) is 9.77. The summed E-state index contributed by atoms with van der Waals surface area (Å²) in [6.07, 6.45) is 0. The number of ether oxygens (including phenoxy) is 1. The molecule has 0 bridgehead atoms. The Balaban J connectivity index is 2.08. The average Bonchev–Trinajstić information content (AvgIpc) is 2.61. The Bertz CT molecular complexity index is 988. The fraction of sp³-hybridized carbons (Fsp3) is 0.381. The molecule has 0 spiro atoms. The number of hydrogen-bond acceptors (Lipinski definition) is 4. The predicted molar refractivity (Wildman–Crippen MR) is 116 cm³/mol. The molecule has 8 heteroatoms. The highest BCUT2D eigenvalue weighted by Crippen LogP contribution is 2.29. The number of nitrogens with one attached hydrogen (secondary N) is 2. The summed E-state index contributed by atoms with van der Waals surface area (Å²) in [5.74, 6) is 0.170. The van der Waals surface area contributed by atoms with E-state index < -0.39 is 10.0 Å². The molecule has 0 saturated heterocycles. The topological polar surface area (TPSA) is 84.5 Å². The van der Waals surface area contributed by atoms with Crippen molar-refractivity contribution in [2.45, 2.75) is 51.5 Å². The van der Waals surface area contributed by atoms with Gasteiger partial charge < -0.3 is 10.1 Å². The molecule has 2 aromatic carbocycles. The van der Waals surface area contributed by atoms with E-state index in [1.807, 2.05) is 25.1 Å². The molecule has 2 rings (SSSR count). The van der Waals surface area contributed by atoms with Crippen LogP contribution in [0.3, 0.4) is 0 Å². The second kappa shape index (κ2) is 9.61. The Hall–Kier alpha value is -2.09. The van der Waals surface area contributed by atoms with Crippen molar-refractivity contribution < 1.29 is 17.9 Å². The van der Waals surface area contributed by atoms with Crippen LogP contribution in [0.2, 0.25) is 5.02 Å². The van der Waals surface area contributed by atoms with Crippen LogP contribution in [-0.2, 0) is 14.8 Å². The van der Waals surface area contributed by atoms with Gasteiger partial charge in [0.2, 0.25) is 10.0 Å². The summed E-state index contributed by atoms with van der Waals surface area (Å²) in [6.45, 7) is 9.27. The monoisotopic (exact) mass is 438 g/mol. The SMILES string of the molecule is Cc1cccc(C(C)C)c1NC(=O)COc1ccc(S(=O)(=O)NC(C)C)cc1Cl. The molecule has 29 heavy (non-hydrogen) atoms. The van der Waals surface area contributed by atoms with Crippen LogP contribution in [0, 0.1) is 6.92 Å². The van der Waals surface area contributed by atoms with Crippen molar-refractivity contribution in [3.8, 4) is 5.75 Å². The molecule has 0 saturated carbocycles. The zero-order valence-electron chi connectivity index (χ0n) is 17.2. The number of benzene rings is 2. The van der Waals surface area contributed by atoms with Gasteiger partial charge in [0.25, 0.3) is 5.91 Å². The lowest BCUT2D eigenvalue weighted by molar-refractivity contribution is -0.118. The lowest BCUT2D eigenvalue weighted by Gasteiger charge is -2.17. The van der Waals surface area contributed by atoms with Gasteiger partial charge in [-0.15, -0.1) is 0 Å². The zero-order chi connectivity index (χ0) is 21.8. The van der Waals surface area contributed by atoms with Gasteiger partial charge in [0.15, 0.2) is 6.61 Å². The van der Waals surface area contributed by atoms with Gasteiger partial charge in [-0.1, -0.05) is 43.6 Å². The first kappa shape index (κ1) is 23.2. The summed E-state index contributed by atoms with van der Waals surface area (Å²) >= 11 is 6.16. The van der Waals surface area contributed by atoms with Crippen molar-refractivity contribution in [2.75, 3.05) is 11.9 Å². The molecule has 0 aliphatic rings. The molecule has 158 valence electrons. The predicted octanol–water partition coefficient (Wildman–Crippen LogP) is 4.48. The zero-order valence-corrected chi connectivity index (χ0v) is 18.8. The van der Waals surface area contributed by atoms with E-state index in [1.165, 1.54) is 18.2 Å². The van der Waals surface area contributed by atoms with Crippen LogP contribution < -0.4 is 14.8 Å². The highest BCUT2D eigenvalue weighted by atomic mass is 35.5. The summed E-state index contributed by atoms with van der Waals surface area (Å²) < 4.78 is 32.4. The highest BCUT2D eigenvalue weighted by molar-refractivity contribution is 7.89. The molecule has 0 fully saturated rings. The lowest BCUT2D eigenvalue weighted by Crippen LogP contribution is -2.30. The Morgan fingerprint density at radius 3 is 2.41 bits per heavy atom. The first-order valence-electron chi connectivity index (χ1n) is 9.35. The van der Waals surface area contributed by atoms with Gasteiger partial charge in [0, 0.05) is 11.7 Å². The van der Waals surface area contributed by atoms with Crippen LogP contribution in [0.1, 0.15) is 44.7 Å². The van der Waals surface area contributed by atoms with Crippen LogP contribution >= 0.6 is 11.6 Å². The molecular weight excluding hydrogens is 412 g/mol. The van der Waals surface area contributed by atoms with E-state index in [2.05, 4.69) is 23.9 Å². The Morgan fingerprint density at radius 2 is 1.83 bits per heavy atom. The van der Waals surface area contributed by atoms with E-state index in [0.29, 0.717) is 0 Å². The van der Waals surface area contributed by atoms with Crippen molar-refractivity contribution in [3.63, 3.8) is 0 Å². The quantitative estimate of drug-likeness (QED) is 0.636. The molecular formula is C21H27ClN2O4S. The fourth-order valence-corrected chi connectivity index (χ4v) is 4.38. The Morgan fingerprint density at radius 1 is 1.14 bits per heavy atom. The molecule has 0 heterocycles. The minimum Gasteiger partial charge on any atom is -0.482 e. The molecule has 0 radical (unpaired) electrons. The molecule has 0 aromatic heterocycles. The van der Waals surface area contributed by atoms with Gasteiger partial charge in [-0.2, -0.15) is 0 Å². The number of rotatable bonds is 8.